The van der Waals surface area contributed by atoms with E-state index in [0.29, 0.717) is 41.1 Å². The van der Waals surface area contributed by atoms with Crippen molar-refractivity contribution in [3.05, 3.63) is 41.7 Å². The highest BCUT2D eigenvalue weighted by Crippen LogP contribution is 2.38. The summed E-state index contributed by atoms with van der Waals surface area (Å²) in [5, 5.41) is 18.1. The maximum Gasteiger partial charge on any atom is 0.407 e. The molecule has 0 aliphatic carbocycles. The van der Waals surface area contributed by atoms with Crippen LogP contribution in [0, 0.1) is 6.92 Å². The van der Waals surface area contributed by atoms with Gasteiger partial charge in [0.25, 0.3) is 5.91 Å². The number of carboxylic acid groups (broad SMARTS) is 1. The van der Waals surface area contributed by atoms with Gasteiger partial charge in [-0.3, -0.25) is 9.48 Å². The molecular weight excluding hydrogens is 502 g/mol. The molecular formula is C27H31N7O5. The Kier molecular flexibility index (Phi) is 6.96. The van der Waals surface area contributed by atoms with Crippen molar-refractivity contribution in [2.45, 2.75) is 19.4 Å². The SMILES string of the molecule is CNC(=O)c1nc(-c2cc3cn(C)nc3c(C)c2OCOC)nc2ccc(N3CCC(N(C)C(=O)O)C3)cc12. The minimum absolute atomic E-state index is 0.0271. The maximum absolute atomic E-state index is 13.0. The number of nitrogens with one attached hydrogen (secondary N) is 1. The van der Waals surface area contributed by atoms with Crippen LogP contribution >= 0.6 is 0 Å². The number of nitrogens with zero attached hydrogens (tertiary/aromatic N) is 6. The lowest BCUT2D eigenvalue weighted by Gasteiger charge is -2.23. The number of methoxy groups -OCH3 is 1. The second kappa shape index (κ2) is 10.4. The number of hydrogen-bond acceptors (Lipinski definition) is 8. The highest BCUT2D eigenvalue weighted by Gasteiger charge is 2.29. The zero-order chi connectivity index (χ0) is 27.8. The van der Waals surface area contributed by atoms with Gasteiger partial charge in [0.05, 0.1) is 22.6 Å². The molecule has 1 atom stereocenters. The minimum atomic E-state index is -0.947. The third-order valence-corrected chi connectivity index (χ3v) is 7.16. The van der Waals surface area contributed by atoms with E-state index in [9.17, 15) is 14.7 Å². The normalized spacial score (nSPS) is 15.2. The number of aryl methyl sites for hydroxylation is 2. The van der Waals surface area contributed by atoms with E-state index >= 15 is 0 Å². The maximum atomic E-state index is 13.0. The lowest BCUT2D eigenvalue weighted by atomic mass is 10.0. The average Bonchev–Trinajstić information content (AvgIpc) is 3.57. The Morgan fingerprint density at radius 2 is 2.05 bits per heavy atom. The summed E-state index contributed by atoms with van der Waals surface area (Å²) in [6.45, 7) is 3.21. The van der Waals surface area contributed by atoms with E-state index in [1.165, 1.54) is 4.90 Å². The van der Waals surface area contributed by atoms with Gasteiger partial charge >= 0.3 is 6.09 Å². The van der Waals surface area contributed by atoms with Gasteiger partial charge in [0.15, 0.2) is 12.6 Å². The average molecular weight is 534 g/mol. The highest BCUT2D eigenvalue weighted by molar-refractivity contribution is 6.06. The number of amides is 2. The second-order valence-electron chi connectivity index (χ2n) is 9.63. The van der Waals surface area contributed by atoms with Crippen molar-refractivity contribution < 1.29 is 24.2 Å². The van der Waals surface area contributed by atoms with Gasteiger partial charge in [0, 0.05) is 69.6 Å². The quantitative estimate of drug-likeness (QED) is 0.344. The van der Waals surface area contributed by atoms with Gasteiger partial charge in [-0.15, -0.1) is 0 Å². The number of carbonyl (C=O) groups excluding carboxylic acids is 1. The number of carbonyl (C=O) groups is 2. The number of fused-ring (bicyclic) bond motifs is 2. The molecule has 5 rings (SSSR count). The minimum Gasteiger partial charge on any atom is -0.466 e. The van der Waals surface area contributed by atoms with E-state index < -0.39 is 6.09 Å². The third-order valence-electron chi connectivity index (χ3n) is 7.16. The summed E-state index contributed by atoms with van der Waals surface area (Å²) in [5.74, 6) is 0.537. The standard InChI is InChI=1S/C27H31N7O5/c1-15-22-16(12-32(3)31-22)10-20(24(15)39-14-38-5)25-29-21-7-6-17(11-19(21)23(30-25)26(35)28-2)34-9-8-18(13-34)33(4)27(36)37/h6-7,10-12,18H,8-9,13-14H2,1-5H3,(H,28,35)(H,36,37). The molecule has 0 saturated carbocycles. The molecule has 1 unspecified atom stereocenters. The van der Waals surface area contributed by atoms with Crippen molar-refractivity contribution in [2.75, 3.05) is 46.0 Å². The summed E-state index contributed by atoms with van der Waals surface area (Å²) >= 11 is 0. The first-order valence-electron chi connectivity index (χ1n) is 12.6. The lowest BCUT2D eigenvalue weighted by molar-refractivity contribution is 0.0511. The largest absolute Gasteiger partial charge is 0.466 e. The molecule has 204 valence electrons. The van der Waals surface area contributed by atoms with Gasteiger partial charge in [0.2, 0.25) is 0 Å². The van der Waals surface area contributed by atoms with Crippen LogP contribution in [0.4, 0.5) is 10.5 Å². The van der Waals surface area contributed by atoms with E-state index in [-0.39, 0.29) is 24.4 Å². The van der Waals surface area contributed by atoms with Crippen LogP contribution in [0.1, 0.15) is 22.5 Å². The van der Waals surface area contributed by atoms with Gasteiger partial charge in [-0.1, -0.05) is 0 Å². The van der Waals surface area contributed by atoms with Crippen molar-refractivity contribution >= 4 is 39.5 Å². The molecule has 4 aromatic rings. The molecule has 2 aromatic carbocycles. The molecule has 1 fully saturated rings. The van der Waals surface area contributed by atoms with Crippen molar-refractivity contribution in [1.29, 1.82) is 0 Å². The lowest BCUT2D eigenvalue weighted by Crippen LogP contribution is -2.38. The van der Waals surface area contributed by atoms with Crippen molar-refractivity contribution in [3.8, 4) is 17.1 Å². The number of ether oxygens (including phenoxy) is 2. The topological polar surface area (TPSA) is 135 Å². The number of benzene rings is 2. The predicted molar refractivity (Wildman–Crippen MR) is 146 cm³/mol. The molecule has 0 spiro atoms. The molecule has 1 aliphatic heterocycles. The summed E-state index contributed by atoms with van der Waals surface area (Å²) in [4.78, 5) is 37.5. The van der Waals surface area contributed by atoms with Crippen LogP contribution in [-0.2, 0) is 11.8 Å². The molecule has 0 radical (unpaired) electrons. The number of aromatic nitrogens is 4. The number of hydrogen-bond donors (Lipinski definition) is 2. The summed E-state index contributed by atoms with van der Waals surface area (Å²) in [6.07, 6.45) is 1.68. The number of rotatable bonds is 7. The Morgan fingerprint density at radius 1 is 1.26 bits per heavy atom. The van der Waals surface area contributed by atoms with E-state index in [1.807, 2.05) is 44.4 Å². The zero-order valence-electron chi connectivity index (χ0n) is 22.6. The molecule has 2 N–H and O–H groups in total. The fourth-order valence-electron chi connectivity index (χ4n) is 5.08. The molecule has 1 aliphatic rings. The summed E-state index contributed by atoms with van der Waals surface area (Å²) < 4.78 is 12.9. The molecule has 2 amide bonds. The van der Waals surface area contributed by atoms with Crippen LogP contribution in [0.25, 0.3) is 33.2 Å². The van der Waals surface area contributed by atoms with Crippen LogP contribution in [0.5, 0.6) is 5.75 Å². The Morgan fingerprint density at radius 3 is 2.77 bits per heavy atom. The van der Waals surface area contributed by atoms with Crippen LogP contribution in [0.15, 0.2) is 30.5 Å². The van der Waals surface area contributed by atoms with Gasteiger partial charge in [-0.25, -0.2) is 14.8 Å². The van der Waals surface area contributed by atoms with E-state index in [1.54, 1.807) is 25.9 Å². The Balaban J connectivity index is 1.62. The van der Waals surface area contributed by atoms with Crippen molar-refractivity contribution in [1.82, 2.24) is 30.0 Å². The van der Waals surface area contributed by atoms with Crippen LogP contribution in [-0.4, -0.2) is 88.9 Å². The third kappa shape index (κ3) is 4.78. The molecule has 12 heteroatoms. The summed E-state index contributed by atoms with van der Waals surface area (Å²) in [6, 6.07) is 7.50. The molecule has 1 saturated heterocycles. The van der Waals surface area contributed by atoms with Crippen LogP contribution in [0.3, 0.4) is 0 Å². The number of likely N-dealkylation sites (N-methyl/N-ethyl adjacent to an activating group) is 1. The molecule has 3 heterocycles. The molecule has 2 aromatic heterocycles. The predicted octanol–water partition coefficient (Wildman–Crippen LogP) is 3.02. The first kappa shape index (κ1) is 26.2. The smallest absolute Gasteiger partial charge is 0.407 e. The van der Waals surface area contributed by atoms with Gasteiger partial charge < -0.3 is 29.7 Å². The van der Waals surface area contributed by atoms with E-state index in [0.717, 1.165) is 28.6 Å². The molecule has 12 nitrogen and oxygen atoms in total. The van der Waals surface area contributed by atoms with Crippen LogP contribution < -0.4 is 15.0 Å². The Hall–Kier alpha value is -4.45. The highest BCUT2D eigenvalue weighted by atomic mass is 16.7. The molecule has 0 bridgehead atoms. The zero-order valence-corrected chi connectivity index (χ0v) is 22.6. The van der Waals surface area contributed by atoms with Crippen LogP contribution in [0.2, 0.25) is 0 Å². The summed E-state index contributed by atoms with van der Waals surface area (Å²) in [7, 11) is 6.55. The van der Waals surface area contributed by atoms with E-state index in [4.69, 9.17) is 19.4 Å². The van der Waals surface area contributed by atoms with Gasteiger partial charge in [0.1, 0.15) is 11.4 Å². The first-order chi connectivity index (χ1) is 18.7. The van der Waals surface area contributed by atoms with Gasteiger partial charge in [-0.2, -0.15) is 5.10 Å². The van der Waals surface area contributed by atoms with Crippen molar-refractivity contribution in [3.63, 3.8) is 0 Å². The monoisotopic (exact) mass is 533 g/mol. The Labute approximate surface area is 225 Å². The Bertz CT molecular complexity index is 1580. The van der Waals surface area contributed by atoms with Gasteiger partial charge in [-0.05, 0) is 37.6 Å². The number of anilines is 1. The summed E-state index contributed by atoms with van der Waals surface area (Å²) in [5.41, 5.74) is 3.95. The van der Waals surface area contributed by atoms with Crippen molar-refractivity contribution in [2.24, 2.45) is 7.05 Å². The fourth-order valence-corrected chi connectivity index (χ4v) is 5.08. The second-order valence-corrected chi connectivity index (χ2v) is 9.63. The molecule has 39 heavy (non-hydrogen) atoms. The fraction of sp³-hybridized carbons (Fsp3) is 0.370. The first-order valence-corrected chi connectivity index (χ1v) is 12.6. The van der Waals surface area contributed by atoms with E-state index in [2.05, 4.69) is 15.3 Å².